The summed E-state index contributed by atoms with van der Waals surface area (Å²) in [4.78, 5) is -0.458. The van der Waals surface area contributed by atoms with Crippen LogP contribution in [-0.2, 0) is 10.0 Å². The Morgan fingerprint density at radius 2 is 1.77 bits per heavy atom. The highest BCUT2D eigenvalue weighted by molar-refractivity contribution is 7.89. The van der Waals surface area contributed by atoms with Crippen LogP contribution in [0.5, 0.6) is 5.75 Å². The van der Waals surface area contributed by atoms with Gasteiger partial charge >= 0.3 is 0 Å². The van der Waals surface area contributed by atoms with Crippen molar-refractivity contribution in [3.05, 3.63) is 46.2 Å². The molecule has 2 aromatic carbocycles. The number of nitrogens with one attached hydrogen (secondary N) is 2. The summed E-state index contributed by atoms with van der Waals surface area (Å²) in [7, 11) is -1.37. The Morgan fingerprint density at radius 1 is 1.15 bits per heavy atom. The second-order valence-electron chi connectivity index (χ2n) is 5.24. The van der Waals surface area contributed by atoms with E-state index in [4.69, 9.17) is 35.4 Å². The van der Waals surface area contributed by atoms with Crippen molar-refractivity contribution in [3.8, 4) is 5.75 Å². The number of hydrogen-bond donors (Lipinski definition) is 3. The first-order valence-corrected chi connectivity index (χ1v) is 9.62. The van der Waals surface area contributed by atoms with Crippen molar-refractivity contribution < 1.29 is 17.9 Å². The third kappa shape index (κ3) is 4.18. The number of thiocarbonyl (C=S) groups is 1. The fraction of sp³-hybridized carbons (Fsp3) is 0.133. The van der Waals surface area contributed by atoms with E-state index in [1.807, 2.05) is 0 Å². The minimum atomic E-state index is -3.99. The molecule has 0 atom stereocenters. The molecule has 0 saturated carbocycles. The Kier molecular flexibility index (Phi) is 6.30. The van der Waals surface area contributed by atoms with Crippen LogP contribution >= 0.6 is 35.4 Å². The highest BCUT2D eigenvalue weighted by atomic mass is 35.5. The molecule has 140 valence electrons. The second kappa shape index (κ2) is 7.93. The molecular formula is C15H14Cl2FN3O3S2. The lowest BCUT2D eigenvalue weighted by molar-refractivity contribution is 0.455. The maximum absolute atomic E-state index is 13.5. The van der Waals surface area contributed by atoms with E-state index in [0.717, 1.165) is 4.31 Å². The molecule has 2 rings (SSSR count). The molecule has 0 radical (unpaired) electrons. The van der Waals surface area contributed by atoms with Gasteiger partial charge in [-0.15, -0.1) is 0 Å². The van der Waals surface area contributed by atoms with Crippen LogP contribution in [0.2, 0.25) is 10.0 Å². The Balaban J connectivity index is 2.33. The minimum Gasteiger partial charge on any atom is -0.504 e. The molecule has 11 heteroatoms. The quantitative estimate of drug-likeness (QED) is 0.496. The van der Waals surface area contributed by atoms with Crippen LogP contribution in [0.15, 0.2) is 35.2 Å². The van der Waals surface area contributed by atoms with Crippen molar-refractivity contribution >= 4 is 61.9 Å². The van der Waals surface area contributed by atoms with Crippen molar-refractivity contribution in [3.63, 3.8) is 0 Å². The summed E-state index contributed by atoms with van der Waals surface area (Å²) in [6.07, 6.45) is 0. The number of phenols is 1. The number of halogens is 3. The molecule has 0 fully saturated rings. The van der Waals surface area contributed by atoms with Crippen LogP contribution in [0.1, 0.15) is 0 Å². The predicted molar refractivity (Wildman–Crippen MR) is 105 cm³/mol. The van der Waals surface area contributed by atoms with Gasteiger partial charge in [-0.05, 0) is 36.5 Å². The summed E-state index contributed by atoms with van der Waals surface area (Å²) in [6, 6.07) is 6.79. The highest BCUT2D eigenvalue weighted by Crippen LogP contribution is 2.38. The molecule has 0 bridgehead atoms. The summed E-state index contributed by atoms with van der Waals surface area (Å²) in [5.74, 6) is -1.23. The normalized spacial score (nSPS) is 11.5. The van der Waals surface area contributed by atoms with E-state index in [-0.39, 0.29) is 26.5 Å². The maximum atomic E-state index is 13.5. The van der Waals surface area contributed by atoms with Gasteiger partial charge in [0.1, 0.15) is 10.7 Å². The maximum Gasteiger partial charge on any atom is 0.247 e. The number of nitrogens with zero attached hydrogens (tertiary/aromatic N) is 1. The standard InChI is InChI=1S/C15H14Cl2FN3O3S2/c1-21(2)26(23,24)14-8(16)6-7-11(13(14)22)20-15(25)19-10-5-3-4-9(18)12(10)17/h3-7,22H,1-2H3,(H2,19,20,25). The van der Waals surface area contributed by atoms with Gasteiger partial charge in [0.05, 0.1) is 21.4 Å². The molecule has 26 heavy (non-hydrogen) atoms. The summed E-state index contributed by atoms with van der Waals surface area (Å²) in [5, 5.41) is 15.3. The Labute approximate surface area is 165 Å². The van der Waals surface area contributed by atoms with Crippen molar-refractivity contribution in [1.29, 1.82) is 0 Å². The van der Waals surface area contributed by atoms with Gasteiger partial charge in [-0.3, -0.25) is 0 Å². The van der Waals surface area contributed by atoms with Gasteiger partial charge in [-0.25, -0.2) is 17.1 Å². The summed E-state index contributed by atoms with van der Waals surface area (Å²) in [5.41, 5.74) is 0.207. The second-order valence-corrected chi connectivity index (χ2v) is 8.52. The number of anilines is 2. The fourth-order valence-electron chi connectivity index (χ4n) is 1.95. The number of aromatic hydroxyl groups is 1. The first kappa shape index (κ1) is 20.7. The Morgan fingerprint density at radius 3 is 2.38 bits per heavy atom. The van der Waals surface area contributed by atoms with E-state index < -0.39 is 26.5 Å². The third-order valence-electron chi connectivity index (χ3n) is 3.27. The van der Waals surface area contributed by atoms with Crippen LogP contribution in [0.4, 0.5) is 15.8 Å². The van der Waals surface area contributed by atoms with E-state index in [0.29, 0.717) is 0 Å². The lowest BCUT2D eigenvalue weighted by Crippen LogP contribution is -2.24. The minimum absolute atomic E-state index is 0.000138. The monoisotopic (exact) mass is 437 g/mol. The van der Waals surface area contributed by atoms with Crippen molar-refractivity contribution in [1.82, 2.24) is 4.31 Å². The van der Waals surface area contributed by atoms with Crippen molar-refractivity contribution in [2.45, 2.75) is 4.90 Å². The summed E-state index contributed by atoms with van der Waals surface area (Å²) >= 11 is 16.9. The number of phenolic OH excluding ortho intramolecular Hbond substituents is 1. The van der Waals surface area contributed by atoms with Crippen molar-refractivity contribution in [2.24, 2.45) is 0 Å². The number of sulfonamides is 1. The molecular weight excluding hydrogens is 424 g/mol. The predicted octanol–water partition coefficient (Wildman–Crippen LogP) is 3.90. The van der Waals surface area contributed by atoms with Crippen LogP contribution in [0.3, 0.4) is 0 Å². The molecule has 0 aliphatic rings. The highest BCUT2D eigenvalue weighted by Gasteiger charge is 2.27. The zero-order valence-electron chi connectivity index (χ0n) is 13.5. The topological polar surface area (TPSA) is 81.7 Å². The molecule has 0 heterocycles. The van der Waals surface area contributed by atoms with Crippen LogP contribution in [0, 0.1) is 5.82 Å². The zero-order valence-corrected chi connectivity index (χ0v) is 16.7. The summed E-state index contributed by atoms with van der Waals surface area (Å²) < 4.78 is 39.0. The van der Waals surface area contributed by atoms with Crippen LogP contribution < -0.4 is 10.6 Å². The number of hydrogen-bond acceptors (Lipinski definition) is 4. The molecule has 2 aromatic rings. The van der Waals surface area contributed by atoms with E-state index in [2.05, 4.69) is 10.6 Å². The average Bonchev–Trinajstić information content (AvgIpc) is 2.54. The Bertz CT molecular complexity index is 969. The van der Waals surface area contributed by atoms with E-state index in [1.165, 1.54) is 44.4 Å². The fourth-order valence-corrected chi connectivity index (χ4v) is 3.82. The first-order valence-electron chi connectivity index (χ1n) is 7.01. The molecule has 0 amide bonds. The van der Waals surface area contributed by atoms with Gasteiger partial charge < -0.3 is 15.7 Å². The van der Waals surface area contributed by atoms with Gasteiger partial charge in [-0.2, -0.15) is 0 Å². The molecule has 3 N–H and O–H groups in total. The van der Waals surface area contributed by atoms with Gasteiger partial charge in [0.15, 0.2) is 10.9 Å². The zero-order chi connectivity index (χ0) is 19.6. The molecule has 0 saturated heterocycles. The molecule has 6 nitrogen and oxygen atoms in total. The largest absolute Gasteiger partial charge is 0.504 e. The van der Waals surface area contributed by atoms with Crippen LogP contribution in [-0.4, -0.2) is 37.0 Å². The molecule has 0 aliphatic carbocycles. The third-order valence-corrected chi connectivity index (χ3v) is 6.18. The molecule has 0 unspecified atom stereocenters. The summed E-state index contributed by atoms with van der Waals surface area (Å²) in [6.45, 7) is 0. The van der Waals surface area contributed by atoms with Crippen LogP contribution in [0.25, 0.3) is 0 Å². The van der Waals surface area contributed by atoms with E-state index >= 15 is 0 Å². The SMILES string of the molecule is CN(C)S(=O)(=O)c1c(Cl)ccc(NC(=S)Nc2cccc(F)c2Cl)c1O. The van der Waals surface area contributed by atoms with E-state index in [9.17, 15) is 17.9 Å². The number of rotatable bonds is 4. The smallest absolute Gasteiger partial charge is 0.247 e. The number of benzene rings is 2. The van der Waals surface area contributed by atoms with E-state index in [1.54, 1.807) is 0 Å². The van der Waals surface area contributed by atoms with Gasteiger partial charge in [0, 0.05) is 14.1 Å². The van der Waals surface area contributed by atoms with Gasteiger partial charge in [-0.1, -0.05) is 29.3 Å². The lowest BCUT2D eigenvalue weighted by atomic mass is 10.3. The first-order chi connectivity index (χ1) is 12.1. The van der Waals surface area contributed by atoms with Gasteiger partial charge in [0.25, 0.3) is 0 Å². The molecule has 0 aliphatic heterocycles. The van der Waals surface area contributed by atoms with Gasteiger partial charge in [0.2, 0.25) is 10.0 Å². The van der Waals surface area contributed by atoms with Crippen molar-refractivity contribution in [2.75, 3.05) is 24.7 Å². The lowest BCUT2D eigenvalue weighted by Gasteiger charge is -2.17. The molecule has 0 aromatic heterocycles. The Hall–Kier alpha value is -1.65. The average molecular weight is 438 g/mol. The molecule has 0 spiro atoms.